The van der Waals surface area contributed by atoms with Crippen LogP contribution in [-0.4, -0.2) is 10.9 Å². The standard InChI is InChI=1S/C13H8IN3O/c14-11-3-1-2-10(6-11)13(18)17-12-5-4-9(7-15)8-16-12/h1-6,8H,(H,16,17,18). The largest absolute Gasteiger partial charge is 0.307 e. The molecule has 1 N–H and O–H groups in total. The van der Waals surface area contributed by atoms with Crippen molar-refractivity contribution in [3.63, 3.8) is 0 Å². The number of aromatic nitrogens is 1. The first kappa shape index (κ1) is 12.5. The van der Waals surface area contributed by atoms with Crippen LogP contribution in [0.25, 0.3) is 0 Å². The Balaban J connectivity index is 2.14. The summed E-state index contributed by atoms with van der Waals surface area (Å²) in [6.07, 6.45) is 1.42. The van der Waals surface area contributed by atoms with E-state index in [4.69, 9.17) is 5.26 Å². The maximum Gasteiger partial charge on any atom is 0.256 e. The Kier molecular flexibility index (Phi) is 3.89. The number of nitrogens with zero attached hydrogens (tertiary/aromatic N) is 2. The Morgan fingerprint density at radius 2 is 2.17 bits per heavy atom. The van der Waals surface area contributed by atoms with Gasteiger partial charge in [-0.1, -0.05) is 6.07 Å². The van der Waals surface area contributed by atoms with E-state index in [9.17, 15) is 4.79 Å². The lowest BCUT2D eigenvalue weighted by atomic mass is 10.2. The molecule has 4 nitrogen and oxygen atoms in total. The van der Waals surface area contributed by atoms with E-state index in [1.54, 1.807) is 24.3 Å². The van der Waals surface area contributed by atoms with E-state index in [-0.39, 0.29) is 5.91 Å². The van der Waals surface area contributed by atoms with E-state index in [1.165, 1.54) is 6.20 Å². The van der Waals surface area contributed by atoms with Crippen LogP contribution in [0.1, 0.15) is 15.9 Å². The van der Waals surface area contributed by atoms with Gasteiger partial charge in [-0.2, -0.15) is 5.26 Å². The first-order valence-corrected chi connectivity index (χ1v) is 6.20. The van der Waals surface area contributed by atoms with Gasteiger partial charge >= 0.3 is 0 Å². The molecule has 0 spiro atoms. The summed E-state index contributed by atoms with van der Waals surface area (Å²) in [5.74, 6) is 0.212. The molecule has 0 radical (unpaired) electrons. The van der Waals surface area contributed by atoms with Crippen molar-refractivity contribution in [1.29, 1.82) is 5.26 Å². The number of carbonyl (C=O) groups excluding carboxylic acids is 1. The molecule has 0 saturated carbocycles. The molecule has 1 amide bonds. The van der Waals surface area contributed by atoms with Gasteiger partial charge in [0.15, 0.2) is 0 Å². The molecular weight excluding hydrogens is 341 g/mol. The third-order valence-electron chi connectivity index (χ3n) is 2.22. The number of hydrogen-bond acceptors (Lipinski definition) is 3. The highest BCUT2D eigenvalue weighted by atomic mass is 127. The number of pyridine rings is 1. The number of halogens is 1. The van der Waals surface area contributed by atoms with Crippen molar-refractivity contribution in [2.24, 2.45) is 0 Å². The second-order valence-electron chi connectivity index (χ2n) is 3.51. The molecule has 2 rings (SSSR count). The van der Waals surface area contributed by atoms with Crippen LogP contribution in [0.5, 0.6) is 0 Å². The summed E-state index contributed by atoms with van der Waals surface area (Å²) in [6, 6.07) is 12.4. The Bertz CT molecular complexity index is 617. The lowest BCUT2D eigenvalue weighted by Gasteiger charge is -2.04. The predicted molar refractivity (Wildman–Crippen MR) is 76.1 cm³/mol. The van der Waals surface area contributed by atoms with Gasteiger partial charge < -0.3 is 5.32 Å². The fraction of sp³-hybridized carbons (Fsp3) is 0. The number of hydrogen-bond donors (Lipinski definition) is 1. The SMILES string of the molecule is N#Cc1ccc(NC(=O)c2cccc(I)c2)nc1. The topological polar surface area (TPSA) is 65.8 Å². The van der Waals surface area contributed by atoms with E-state index in [0.717, 1.165) is 3.57 Å². The fourth-order valence-electron chi connectivity index (χ4n) is 1.35. The van der Waals surface area contributed by atoms with Gasteiger partial charge in [0.25, 0.3) is 5.91 Å². The number of carbonyl (C=O) groups is 1. The summed E-state index contributed by atoms with van der Waals surface area (Å²) in [5.41, 5.74) is 1.04. The molecule has 1 aromatic heterocycles. The number of amides is 1. The van der Waals surface area contributed by atoms with Crippen molar-refractivity contribution in [1.82, 2.24) is 4.98 Å². The van der Waals surface area contributed by atoms with Gasteiger partial charge in [0.05, 0.1) is 5.56 Å². The lowest BCUT2D eigenvalue weighted by molar-refractivity contribution is 0.102. The molecule has 0 saturated heterocycles. The van der Waals surface area contributed by atoms with Crippen molar-refractivity contribution in [2.75, 3.05) is 5.32 Å². The van der Waals surface area contributed by atoms with Crippen molar-refractivity contribution in [2.45, 2.75) is 0 Å². The van der Waals surface area contributed by atoms with Gasteiger partial charge in [-0.15, -0.1) is 0 Å². The predicted octanol–water partition coefficient (Wildman–Crippen LogP) is 2.81. The summed E-state index contributed by atoms with van der Waals surface area (Å²) < 4.78 is 0.994. The maximum atomic E-state index is 11.9. The van der Waals surface area contributed by atoms with Crippen LogP contribution in [0.15, 0.2) is 42.6 Å². The Labute approximate surface area is 118 Å². The maximum absolute atomic E-state index is 11.9. The van der Waals surface area contributed by atoms with Crippen molar-refractivity contribution in [3.8, 4) is 6.07 Å². The van der Waals surface area contributed by atoms with Crippen LogP contribution < -0.4 is 5.32 Å². The van der Waals surface area contributed by atoms with Gasteiger partial charge in [-0.05, 0) is 52.9 Å². The molecule has 0 bridgehead atoms. The molecule has 1 heterocycles. The minimum absolute atomic E-state index is 0.217. The Morgan fingerprint density at radius 1 is 1.33 bits per heavy atom. The van der Waals surface area contributed by atoms with E-state index in [2.05, 4.69) is 32.9 Å². The van der Waals surface area contributed by atoms with Crippen LogP contribution in [0.4, 0.5) is 5.82 Å². The van der Waals surface area contributed by atoms with Crippen molar-refractivity contribution < 1.29 is 4.79 Å². The highest BCUT2D eigenvalue weighted by Gasteiger charge is 2.06. The summed E-state index contributed by atoms with van der Waals surface area (Å²) in [6.45, 7) is 0. The normalized spacial score (nSPS) is 9.56. The average Bonchev–Trinajstić information content (AvgIpc) is 2.39. The molecule has 0 aliphatic carbocycles. The molecule has 0 fully saturated rings. The molecule has 1 aromatic carbocycles. The fourth-order valence-corrected chi connectivity index (χ4v) is 1.90. The third-order valence-corrected chi connectivity index (χ3v) is 2.89. The second-order valence-corrected chi connectivity index (χ2v) is 4.75. The lowest BCUT2D eigenvalue weighted by Crippen LogP contribution is -2.12. The first-order chi connectivity index (χ1) is 8.69. The smallest absolute Gasteiger partial charge is 0.256 e. The number of benzene rings is 1. The molecule has 18 heavy (non-hydrogen) atoms. The first-order valence-electron chi connectivity index (χ1n) is 5.12. The van der Waals surface area contributed by atoms with Crippen molar-refractivity contribution in [3.05, 3.63) is 57.3 Å². The molecule has 88 valence electrons. The van der Waals surface area contributed by atoms with Gasteiger partial charge in [0.2, 0.25) is 0 Å². The summed E-state index contributed by atoms with van der Waals surface area (Å²) in [5, 5.41) is 11.3. The van der Waals surface area contributed by atoms with Crippen molar-refractivity contribution >= 4 is 34.3 Å². The molecule has 5 heteroatoms. The van der Waals surface area contributed by atoms with Gasteiger partial charge in [-0.25, -0.2) is 4.98 Å². The van der Waals surface area contributed by atoms with E-state index in [1.807, 2.05) is 18.2 Å². The summed E-state index contributed by atoms with van der Waals surface area (Å²) in [4.78, 5) is 15.9. The Morgan fingerprint density at radius 3 is 2.78 bits per heavy atom. The molecule has 0 unspecified atom stereocenters. The minimum Gasteiger partial charge on any atom is -0.307 e. The van der Waals surface area contributed by atoms with Crippen LogP contribution in [0.3, 0.4) is 0 Å². The minimum atomic E-state index is -0.217. The number of rotatable bonds is 2. The molecule has 0 aliphatic heterocycles. The van der Waals surface area contributed by atoms with Crippen LogP contribution >= 0.6 is 22.6 Å². The monoisotopic (exact) mass is 349 g/mol. The summed E-state index contributed by atoms with van der Waals surface area (Å²) in [7, 11) is 0. The van der Waals surface area contributed by atoms with Gasteiger partial charge in [0.1, 0.15) is 11.9 Å². The summed E-state index contributed by atoms with van der Waals surface area (Å²) >= 11 is 2.15. The van der Waals surface area contributed by atoms with Crippen LogP contribution in [0.2, 0.25) is 0 Å². The highest BCUT2D eigenvalue weighted by Crippen LogP contribution is 2.10. The zero-order chi connectivity index (χ0) is 13.0. The quantitative estimate of drug-likeness (QED) is 0.848. The average molecular weight is 349 g/mol. The molecule has 2 aromatic rings. The van der Waals surface area contributed by atoms with Gasteiger partial charge in [-0.3, -0.25) is 4.79 Å². The van der Waals surface area contributed by atoms with Crippen LogP contribution in [-0.2, 0) is 0 Å². The highest BCUT2D eigenvalue weighted by molar-refractivity contribution is 14.1. The zero-order valence-corrected chi connectivity index (χ0v) is 11.4. The number of nitrogens with one attached hydrogen (secondary N) is 1. The van der Waals surface area contributed by atoms with Gasteiger partial charge in [0, 0.05) is 15.3 Å². The number of anilines is 1. The zero-order valence-electron chi connectivity index (χ0n) is 9.22. The third kappa shape index (κ3) is 3.05. The molecule has 0 atom stereocenters. The second kappa shape index (κ2) is 5.60. The van der Waals surface area contributed by atoms with E-state index < -0.39 is 0 Å². The molecular formula is C13H8IN3O. The Hall–Kier alpha value is -1.94. The van der Waals surface area contributed by atoms with E-state index >= 15 is 0 Å². The molecule has 0 aliphatic rings. The van der Waals surface area contributed by atoms with Crippen LogP contribution in [0, 0.1) is 14.9 Å². The van der Waals surface area contributed by atoms with E-state index in [0.29, 0.717) is 16.9 Å². The number of nitriles is 1.